The molecule has 5 rings (SSSR count). The number of nitrogens with one attached hydrogen (secondary N) is 1. The minimum atomic E-state index is -0.254. The Balaban J connectivity index is 1.47. The number of nitrogens with two attached hydrogens (primary N) is 1. The first-order chi connectivity index (χ1) is 18.9. The van der Waals surface area contributed by atoms with Crippen molar-refractivity contribution in [3.63, 3.8) is 0 Å². The lowest BCUT2D eigenvalue weighted by Gasteiger charge is -2.34. The van der Waals surface area contributed by atoms with Gasteiger partial charge in [-0.3, -0.25) is 14.0 Å². The summed E-state index contributed by atoms with van der Waals surface area (Å²) in [5.41, 5.74) is 8.98. The lowest BCUT2D eigenvalue weighted by Crippen LogP contribution is -2.38. The van der Waals surface area contributed by atoms with Crippen LogP contribution < -0.4 is 11.1 Å². The molecule has 1 aliphatic heterocycles. The van der Waals surface area contributed by atoms with Gasteiger partial charge in [-0.25, -0.2) is 15.0 Å². The van der Waals surface area contributed by atoms with Gasteiger partial charge in [-0.2, -0.15) is 0 Å². The van der Waals surface area contributed by atoms with Crippen molar-refractivity contribution in [1.29, 1.82) is 0 Å². The molecular formula is C29H32N8O2. The molecular weight excluding hydrogens is 492 g/mol. The number of amides is 2. The number of aromatic nitrogens is 4. The summed E-state index contributed by atoms with van der Waals surface area (Å²) in [4.78, 5) is 43.3. The number of fused-ring (bicyclic) bond motifs is 1. The van der Waals surface area contributed by atoms with Crippen LogP contribution in [0.15, 0.2) is 73.2 Å². The van der Waals surface area contributed by atoms with Crippen molar-refractivity contribution in [3.05, 3.63) is 84.6 Å². The van der Waals surface area contributed by atoms with Crippen molar-refractivity contribution in [2.24, 2.45) is 0 Å². The van der Waals surface area contributed by atoms with Crippen LogP contribution in [0.1, 0.15) is 41.5 Å². The molecule has 10 heteroatoms. The molecule has 2 amide bonds. The average molecular weight is 525 g/mol. The van der Waals surface area contributed by atoms with Crippen LogP contribution in [0.3, 0.4) is 0 Å². The molecule has 0 spiro atoms. The smallest absolute Gasteiger partial charge is 0.256 e. The third-order valence-electron chi connectivity index (χ3n) is 6.75. The first-order valence-electron chi connectivity index (χ1n) is 13.0. The molecule has 1 aliphatic rings. The number of carbonyl (C=O) groups excluding carboxylic acids is 2. The molecule has 0 unspecified atom stereocenters. The highest BCUT2D eigenvalue weighted by Crippen LogP contribution is 2.36. The van der Waals surface area contributed by atoms with E-state index in [1.165, 1.54) is 0 Å². The molecule has 0 saturated carbocycles. The number of anilines is 2. The normalized spacial score (nSPS) is 15.8. The predicted molar refractivity (Wildman–Crippen MR) is 151 cm³/mol. The van der Waals surface area contributed by atoms with Crippen molar-refractivity contribution in [2.75, 3.05) is 38.2 Å². The summed E-state index contributed by atoms with van der Waals surface area (Å²) >= 11 is 0. The largest absolute Gasteiger partial charge is 0.382 e. The fourth-order valence-corrected chi connectivity index (χ4v) is 4.85. The minimum Gasteiger partial charge on any atom is -0.382 e. The highest BCUT2D eigenvalue weighted by atomic mass is 16.2. The standard InChI is InChI=1S/C29H32N8O2/c1-35(2)17-7-10-24(38)36-18-6-4-8-22(36)28-34-25(26-27(30)32-16-19-37(26)28)20-11-13-21(14-12-20)29(39)33-23-9-3-5-15-31-23/h3,5,7,9-16,19,22H,4,6,8,17-18H2,1-2H3,(H2,30,32)(H,31,33,39)/b10-7+/t22-/m0/s1. The van der Waals surface area contributed by atoms with Gasteiger partial charge in [0.1, 0.15) is 28.7 Å². The molecule has 0 radical (unpaired) electrons. The third kappa shape index (κ3) is 5.65. The van der Waals surface area contributed by atoms with Crippen LogP contribution in [0.25, 0.3) is 16.8 Å². The average Bonchev–Trinajstić information content (AvgIpc) is 3.34. The lowest BCUT2D eigenvalue weighted by molar-refractivity contribution is -0.130. The van der Waals surface area contributed by atoms with E-state index in [1.807, 2.05) is 58.8 Å². The maximum Gasteiger partial charge on any atom is 0.256 e. The van der Waals surface area contributed by atoms with E-state index >= 15 is 0 Å². The van der Waals surface area contributed by atoms with Crippen LogP contribution in [0, 0.1) is 0 Å². The van der Waals surface area contributed by atoms with E-state index in [1.54, 1.807) is 42.7 Å². The molecule has 0 bridgehead atoms. The van der Waals surface area contributed by atoms with Crippen LogP contribution in [0.5, 0.6) is 0 Å². The van der Waals surface area contributed by atoms with E-state index in [0.717, 1.165) is 30.7 Å². The van der Waals surface area contributed by atoms with E-state index in [2.05, 4.69) is 15.3 Å². The predicted octanol–water partition coefficient (Wildman–Crippen LogP) is 3.80. The first kappa shape index (κ1) is 26.1. The monoisotopic (exact) mass is 524 g/mol. The maximum atomic E-state index is 13.2. The van der Waals surface area contributed by atoms with E-state index in [0.29, 0.717) is 41.5 Å². The van der Waals surface area contributed by atoms with Gasteiger partial charge in [-0.05, 0) is 57.6 Å². The third-order valence-corrected chi connectivity index (χ3v) is 6.75. The van der Waals surface area contributed by atoms with Gasteiger partial charge in [0.05, 0.1) is 6.04 Å². The van der Waals surface area contributed by atoms with Crippen molar-refractivity contribution in [2.45, 2.75) is 25.3 Å². The van der Waals surface area contributed by atoms with Crippen LogP contribution in [-0.2, 0) is 4.79 Å². The molecule has 1 atom stereocenters. The van der Waals surface area contributed by atoms with Gasteiger partial charge in [0.25, 0.3) is 5.91 Å². The SMILES string of the molecule is CN(C)C/C=C/C(=O)N1CCCC[C@H]1c1nc(-c2ccc(C(=O)Nc3ccccn3)cc2)c2c(N)nccn12. The van der Waals surface area contributed by atoms with E-state index in [9.17, 15) is 9.59 Å². The molecule has 3 N–H and O–H groups in total. The first-order valence-corrected chi connectivity index (χ1v) is 13.0. The van der Waals surface area contributed by atoms with Crippen molar-refractivity contribution < 1.29 is 9.59 Å². The zero-order valence-corrected chi connectivity index (χ0v) is 22.1. The molecule has 200 valence electrons. The summed E-state index contributed by atoms with van der Waals surface area (Å²) < 4.78 is 1.94. The summed E-state index contributed by atoms with van der Waals surface area (Å²) in [5.74, 6) is 1.31. The molecule has 4 heterocycles. The van der Waals surface area contributed by atoms with Crippen LogP contribution >= 0.6 is 0 Å². The second kappa shape index (κ2) is 11.4. The van der Waals surface area contributed by atoms with Gasteiger partial charge in [0.15, 0.2) is 0 Å². The number of nitrogens with zero attached hydrogens (tertiary/aromatic N) is 6. The van der Waals surface area contributed by atoms with Gasteiger partial charge >= 0.3 is 0 Å². The van der Waals surface area contributed by atoms with Crippen molar-refractivity contribution in [1.82, 2.24) is 29.2 Å². The maximum absolute atomic E-state index is 13.2. The second-order valence-electron chi connectivity index (χ2n) is 9.80. The molecule has 4 aromatic rings. The number of piperidine rings is 1. The Morgan fingerprint density at radius 2 is 1.92 bits per heavy atom. The Labute approximate surface area is 227 Å². The number of hydrogen-bond donors (Lipinski definition) is 2. The molecule has 0 aliphatic carbocycles. The van der Waals surface area contributed by atoms with Gasteiger partial charge < -0.3 is 20.9 Å². The highest BCUT2D eigenvalue weighted by Gasteiger charge is 2.31. The Bertz CT molecular complexity index is 1500. The van der Waals surface area contributed by atoms with Crippen LogP contribution in [-0.4, -0.2) is 68.2 Å². The quantitative estimate of drug-likeness (QED) is 0.353. The van der Waals surface area contributed by atoms with Crippen molar-refractivity contribution >= 4 is 29.0 Å². The zero-order chi connectivity index (χ0) is 27.4. The highest BCUT2D eigenvalue weighted by molar-refractivity contribution is 6.04. The number of benzene rings is 1. The Hall–Kier alpha value is -4.57. The molecule has 1 fully saturated rings. The molecule has 1 aromatic carbocycles. The summed E-state index contributed by atoms with van der Waals surface area (Å²) in [6.45, 7) is 1.36. The fraction of sp³-hybridized carbons (Fsp3) is 0.276. The lowest BCUT2D eigenvalue weighted by atomic mass is 10.0. The van der Waals surface area contributed by atoms with Gasteiger partial charge in [0, 0.05) is 48.9 Å². The second-order valence-corrected chi connectivity index (χ2v) is 9.80. The summed E-state index contributed by atoms with van der Waals surface area (Å²) in [6.07, 6.45) is 11.4. The fourth-order valence-electron chi connectivity index (χ4n) is 4.85. The number of nitrogen functional groups attached to an aromatic ring is 1. The number of likely N-dealkylation sites (tertiary alicyclic amines) is 1. The molecule has 39 heavy (non-hydrogen) atoms. The molecule has 10 nitrogen and oxygen atoms in total. The van der Waals surface area contributed by atoms with Gasteiger partial charge in [-0.1, -0.05) is 24.3 Å². The topological polar surface area (TPSA) is 122 Å². The summed E-state index contributed by atoms with van der Waals surface area (Å²) in [6, 6.07) is 12.3. The Morgan fingerprint density at radius 3 is 2.67 bits per heavy atom. The van der Waals surface area contributed by atoms with Gasteiger partial charge in [0.2, 0.25) is 5.91 Å². The van der Waals surface area contributed by atoms with E-state index < -0.39 is 0 Å². The van der Waals surface area contributed by atoms with Crippen molar-refractivity contribution in [3.8, 4) is 11.3 Å². The van der Waals surface area contributed by atoms with Crippen LogP contribution in [0.4, 0.5) is 11.6 Å². The minimum absolute atomic E-state index is 0.0230. The zero-order valence-electron chi connectivity index (χ0n) is 22.1. The van der Waals surface area contributed by atoms with Gasteiger partial charge in [-0.15, -0.1) is 0 Å². The molecule has 1 saturated heterocycles. The van der Waals surface area contributed by atoms with E-state index in [-0.39, 0.29) is 17.9 Å². The number of imidazole rings is 1. The number of pyridine rings is 1. The molecule has 3 aromatic heterocycles. The van der Waals surface area contributed by atoms with E-state index in [4.69, 9.17) is 10.7 Å². The van der Waals surface area contributed by atoms with Crippen LogP contribution in [0.2, 0.25) is 0 Å². The number of carbonyl (C=O) groups is 2. The number of rotatable bonds is 7. The number of hydrogen-bond acceptors (Lipinski definition) is 7. The number of likely N-dealkylation sites (N-methyl/N-ethyl adjacent to an activating group) is 1. The Morgan fingerprint density at radius 1 is 1.10 bits per heavy atom. The summed E-state index contributed by atoms with van der Waals surface area (Å²) in [7, 11) is 3.93. The Kier molecular flexibility index (Phi) is 7.64. The summed E-state index contributed by atoms with van der Waals surface area (Å²) in [5, 5.41) is 2.79.